The molecule has 0 aromatic heterocycles. The van der Waals surface area contributed by atoms with Gasteiger partial charge in [0.25, 0.3) is 0 Å². The summed E-state index contributed by atoms with van der Waals surface area (Å²) in [6.07, 6.45) is 6.03. The van der Waals surface area contributed by atoms with Crippen molar-refractivity contribution in [3.05, 3.63) is 27.7 Å². The van der Waals surface area contributed by atoms with Gasteiger partial charge in [-0.25, -0.2) is 0 Å². The minimum atomic E-state index is -0.462. The van der Waals surface area contributed by atoms with Gasteiger partial charge in [0, 0.05) is 16.7 Å². The van der Waals surface area contributed by atoms with Crippen LogP contribution in [0.3, 0.4) is 0 Å². The fourth-order valence-electron chi connectivity index (χ4n) is 2.82. The normalized spacial score (nSPS) is 17.7. The van der Waals surface area contributed by atoms with Crippen LogP contribution in [0.2, 0.25) is 0 Å². The maximum Gasteiger partial charge on any atom is 0.0945 e. The van der Waals surface area contributed by atoms with E-state index in [1.165, 1.54) is 30.4 Å². The summed E-state index contributed by atoms with van der Waals surface area (Å²) in [4.78, 5) is 0. The lowest BCUT2D eigenvalue weighted by Gasteiger charge is -2.23. The summed E-state index contributed by atoms with van der Waals surface area (Å²) < 4.78 is 6.95. The number of rotatable bonds is 6. The first-order valence-electron chi connectivity index (χ1n) is 7.86. The zero-order valence-corrected chi connectivity index (χ0v) is 14.6. The SMILES string of the molecule is Cc1cc(NCC(O)COC2CCCCC2)cc(C)c1Br. The second-order valence-electron chi connectivity index (χ2n) is 6.05. The molecule has 1 aromatic rings. The molecule has 1 aromatic carbocycles. The third-order valence-electron chi connectivity index (χ3n) is 4.05. The standard InChI is InChI=1S/C17H26BrNO2/c1-12-8-14(9-13(2)17(12)18)19-10-15(20)11-21-16-6-4-3-5-7-16/h8-9,15-16,19-20H,3-7,10-11H2,1-2H3. The third-order valence-corrected chi connectivity index (χ3v) is 5.31. The van der Waals surface area contributed by atoms with Crippen LogP contribution in [-0.4, -0.2) is 30.5 Å². The lowest BCUT2D eigenvalue weighted by Crippen LogP contribution is -2.28. The van der Waals surface area contributed by atoms with Gasteiger partial charge in [0.2, 0.25) is 0 Å². The van der Waals surface area contributed by atoms with Crippen molar-refractivity contribution in [2.45, 2.75) is 58.2 Å². The lowest BCUT2D eigenvalue weighted by atomic mass is 9.98. The molecule has 3 nitrogen and oxygen atoms in total. The number of benzene rings is 1. The number of ether oxygens (including phenoxy) is 1. The molecule has 2 rings (SSSR count). The number of hydrogen-bond acceptors (Lipinski definition) is 3. The first kappa shape index (κ1) is 16.8. The molecule has 1 fully saturated rings. The molecule has 1 aliphatic rings. The Balaban J connectivity index is 1.74. The van der Waals surface area contributed by atoms with Crippen LogP contribution in [0.5, 0.6) is 0 Å². The van der Waals surface area contributed by atoms with Crippen molar-refractivity contribution < 1.29 is 9.84 Å². The molecule has 2 N–H and O–H groups in total. The van der Waals surface area contributed by atoms with Crippen molar-refractivity contribution in [3.63, 3.8) is 0 Å². The molecule has 0 spiro atoms. The number of nitrogens with one attached hydrogen (secondary N) is 1. The highest BCUT2D eigenvalue weighted by molar-refractivity contribution is 9.10. The van der Waals surface area contributed by atoms with Gasteiger partial charge in [-0.05, 0) is 49.9 Å². The van der Waals surface area contributed by atoms with Crippen LogP contribution in [-0.2, 0) is 4.74 Å². The Bertz CT molecular complexity index is 435. The summed E-state index contributed by atoms with van der Waals surface area (Å²) in [7, 11) is 0. The quantitative estimate of drug-likeness (QED) is 0.803. The zero-order chi connectivity index (χ0) is 15.2. The predicted molar refractivity (Wildman–Crippen MR) is 90.9 cm³/mol. The molecule has 118 valence electrons. The van der Waals surface area contributed by atoms with Gasteiger partial charge in [-0.1, -0.05) is 35.2 Å². The maximum atomic E-state index is 10.0. The smallest absolute Gasteiger partial charge is 0.0945 e. The molecule has 0 aliphatic heterocycles. The number of hydrogen-bond donors (Lipinski definition) is 2. The van der Waals surface area contributed by atoms with Crippen LogP contribution in [0.1, 0.15) is 43.2 Å². The van der Waals surface area contributed by atoms with E-state index in [4.69, 9.17) is 4.74 Å². The van der Waals surface area contributed by atoms with Crippen molar-refractivity contribution in [1.29, 1.82) is 0 Å². The van der Waals surface area contributed by atoms with Gasteiger partial charge in [-0.2, -0.15) is 0 Å². The average molecular weight is 356 g/mol. The van der Waals surface area contributed by atoms with Crippen molar-refractivity contribution in [2.75, 3.05) is 18.5 Å². The van der Waals surface area contributed by atoms with Crippen LogP contribution in [0, 0.1) is 13.8 Å². The summed E-state index contributed by atoms with van der Waals surface area (Å²) >= 11 is 3.57. The summed E-state index contributed by atoms with van der Waals surface area (Å²) in [5.74, 6) is 0. The highest BCUT2D eigenvalue weighted by Crippen LogP contribution is 2.25. The fourth-order valence-corrected chi connectivity index (χ4v) is 3.05. The van der Waals surface area contributed by atoms with Gasteiger partial charge in [0.1, 0.15) is 0 Å². The Kier molecular flexibility index (Phi) is 6.52. The van der Waals surface area contributed by atoms with E-state index in [0.717, 1.165) is 23.0 Å². The summed E-state index contributed by atoms with van der Waals surface area (Å²) in [5, 5.41) is 13.3. The average Bonchev–Trinajstić information content (AvgIpc) is 2.49. The molecule has 0 heterocycles. The van der Waals surface area contributed by atoms with Crippen molar-refractivity contribution in [3.8, 4) is 0 Å². The van der Waals surface area contributed by atoms with E-state index in [9.17, 15) is 5.11 Å². The molecular weight excluding hydrogens is 330 g/mol. The van der Waals surface area contributed by atoms with Gasteiger partial charge < -0.3 is 15.2 Å². The molecule has 21 heavy (non-hydrogen) atoms. The van der Waals surface area contributed by atoms with Crippen LogP contribution in [0.25, 0.3) is 0 Å². The molecule has 0 radical (unpaired) electrons. The Morgan fingerprint density at radius 2 is 1.86 bits per heavy atom. The topological polar surface area (TPSA) is 41.5 Å². The molecule has 1 unspecified atom stereocenters. The molecule has 4 heteroatoms. The molecule has 1 aliphatic carbocycles. The van der Waals surface area contributed by atoms with Crippen LogP contribution in [0.4, 0.5) is 5.69 Å². The van der Waals surface area contributed by atoms with E-state index in [2.05, 4.69) is 47.2 Å². The van der Waals surface area contributed by atoms with Gasteiger partial charge >= 0.3 is 0 Å². The van der Waals surface area contributed by atoms with E-state index in [1.807, 2.05) is 0 Å². The minimum Gasteiger partial charge on any atom is -0.389 e. The molecular formula is C17H26BrNO2. The number of aliphatic hydroxyl groups excluding tert-OH is 1. The maximum absolute atomic E-state index is 10.0. The Labute approximate surface area is 136 Å². The van der Waals surface area contributed by atoms with Crippen molar-refractivity contribution >= 4 is 21.6 Å². The highest BCUT2D eigenvalue weighted by atomic mass is 79.9. The highest BCUT2D eigenvalue weighted by Gasteiger charge is 2.15. The van der Waals surface area contributed by atoms with E-state index in [-0.39, 0.29) is 0 Å². The first-order chi connectivity index (χ1) is 10.1. The Morgan fingerprint density at radius 3 is 2.48 bits per heavy atom. The van der Waals surface area contributed by atoms with Crippen LogP contribution in [0.15, 0.2) is 16.6 Å². The second kappa shape index (κ2) is 8.16. The molecule has 0 amide bonds. The summed E-state index contributed by atoms with van der Waals surface area (Å²) in [6.45, 7) is 5.09. The van der Waals surface area contributed by atoms with Gasteiger partial charge in [0.05, 0.1) is 18.8 Å². The number of anilines is 1. The van der Waals surface area contributed by atoms with E-state index in [0.29, 0.717) is 19.3 Å². The number of aliphatic hydroxyl groups is 1. The predicted octanol–water partition coefficient (Wildman–Crippen LogP) is 4.19. The minimum absolute atomic E-state index is 0.352. The molecule has 0 bridgehead atoms. The third kappa shape index (κ3) is 5.28. The number of aryl methyl sites for hydroxylation is 2. The van der Waals surface area contributed by atoms with E-state index < -0.39 is 6.10 Å². The summed E-state index contributed by atoms with van der Waals surface area (Å²) in [5.41, 5.74) is 3.45. The van der Waals surface area contributed by atoms with E-state index in [1.54, 1.807) is 0 Å². The second-order valence-corrected chi connectivity index (χ2v) is 6.85. The zero-order valence-electron chi connectivity index (χ0n) is 13.0. The summed E-state index contributed by atoms with van der Waals surface area (Å²) in [6, 6.07) is 4.18. The van der Waals surface area contributed by atoms with Crippen molar-refractivity contribution in [1.82, 2.24) is 0 Å². The number of halogens is 1. The lowest BCUT2D eigenvalue weighted by molar-refractivity contribution is -0.0195. The van der Waals surface area contributed by atoms with Crippen LogP contribution >= 0.6 is 15.9 Å². The van der Waals surface area contributed by atoms with Gasteiger partial charge in [0.15, 0.2) is 0 Å². The van der Waals surface area contributed by atoms with Crippen LogP contribution < -0.4 is 5.32 Å². The monoisotopic (exact) mass is 355 g/mol. The molecule has 1 atom stereocenters. The van der Waals surface area contributed by atoms with Gasteiger partial charge in [-0.3, -0.25) is 0 Å². The van der Waals surface area contributed by atoms with Crippen molar-refractivity contribution in [2.24, 2.45) is 0 Å². The Morgan fingerprint density at radius 1 is 1.24 bits per heavy atom. The largest absolute Gasteiger partial charge is 0.389 e. The molecule has 1 saturated carbocycles. The fraction of sp³-hybridized carbons (Fsp3) is 0.647. The molecule has 0 saturated heterocycles. The Hall–Kier alpha value is -0.580. The first-order valence-corrected chi connectivity index (χ1v) is 8.66. The van der Waals surface area contributed by atoms with Gasteiger partial charge in [-0.15, -0.1) is 0 Å². The van der Waals surface area contributed by atoms with E-state index >= 15 is 0 Å².